The SMILES string of the molecule is CCNC(=NCc1cccc2ccccc12)N1CCC(C(=O)OC)CC1.I. The van der Waals surface area contributed by atoms with E-state index in [1.807, 2.05) is 0 Å². The molecule has 1 aliphatic rings. The number of nitrogens with one attached hydrogen (secondary N) is 1. The molecule has 1 fully saturated rings. The molecule has 1 heterocycles. The van der Waals surface area contributed by atoms with Gasteiger partial charge in [-0.1, -0.05) is 42.5 Å². The highest BCUT2D eigenvalue weighted by Gasteiger charge is 2.26. The number of benzene rings is 2. The van der Waals surface area contributed by atoms with E-state index >= 15 is 0 Å². The van der Waals surface area contributed by atoms with Crippen LogP contribution in [0.3, 0.4) is 0 Å². The molecule has 0 amide bonds. The maximum atomic E-state index is 11.7. The molecule has 0 aliphatic carbocycles. The number of rotatable bonds is 4. The number of guanidine groups is 1. The van der Waals surface area contributed by atoms with Gasteiger partial charge in [-0.15, -0.1) is 24.0 Å². The molecule has 2 aromatic carbocycles. The second-order valence-corrected chi connectivity index (χ2v) is 6.59. The van der Waals surface area contributed by atoms with E-state index in [-0.39, 0.29) is 35.9 Å². The van der Waals surface area contributed by atoms with Gasteiger partial charge in [0.1, 0.15) is 0 Å². The molecule has 0 saturated carbocycles. The van der Waals surface area contributed by atoms with Gasteiger partial charge in [0.25, 0.3) is 0 Å². The topological polar surface area (TPSA) is 53.9 Å². The average molecular weight is 481 g/mol. The Hall–Kier alpha value is -1.83. The molecule has 0 bridgehead atoms. The first-order valence-electron chi connectivity index (χ1n) is 9.30. The number of esters is 1. The van der Waals surface area contributed by atoms with Gasteiger partial charge in [0, 0.05) is 19.6 Å². The molecular formula is C21H28IN3O2. The third kappa shape index (κ3) is 5.34. The molecule has 6 heteroatoms. The third-order valence-electron chi connectivity index (χ3n) is 4.94. The molecule has 0 unspecified atom stereocenters. The van der Waals surface area contributed by atoms with Crippen molar-refractivity contribution >= 4 is 46.7 Å². The second kappa shape index (κ2) is 10.5. The highest BCUT2D eigenvalue weighted by atomic mass is 127. The van der Waals surface area contributed by atoms with Crippen LogP contribution in [0.5, 0.6) is 0 Å². The van der Waals surface area contributed by atoms with Crippen molar-refractivity contribution in [2.24, 2.45) is 10.9 Å². The van der Waals surface area contributed by atoms with Crippen molar-refractivity contribution < 1.29 is 9.53 Å². The lowest BCUT2D eigenvalue weighted by Gasteiger charge is -2.33. The van der Waals surface area contributed by atoms with Crippen LogP contribution in [0.1, 0.15) is 25.3 Å². The van der Waals surface area contributed by atoms with Gasteiger partial charge in [-0.05, 0) is 36.1 Å². The molecule has 0 atom stereocenters. The summed E-state index contributed by atoms with van der Waals surface area (Å²) in [6.45, 7) is 5.18. The van der Waals surface area contributed by atoms with E-state index in [4.69, 9.17) is 9.73 Å². The summed E-state index contributed by atoms with van der Waals surface area (Å²) in [6.07, 6.45) is 1.62. The van der Waals surface area contributed by atoms with E-state index in [9.17, 15) is 4.79 Å². The fraction of sp³-hybridized carbons (Fsp3) is 0.429. The number of halogens is 1. The van der Waals surface area contributed by atoms with Crippen molar-refractivity contribution in [3.05, 3.63) is 48.0 Å². The van der Waals surface area contributed by atoms with E-state index in [1.165, 1.54) is 23.4 Å². The molecular weight excluding hydrogens is 453 g/mol. The summed E-state index contributed by atoms with van der Waals surface area (Å²) in [4.78, 5) is 18.8. The van der Waals surface area contributed by atoms with Gasteiger partial charge >= 0.3 is 5.97 Å². The average Bonchev–Trinajstić information content (AvgIpc) is 2.70. The fourth-order valence-corrected chi connectivity index (χ4v) is 3.51. The molecule has 2 aromatic rings. The summed E-state index contributed by atoms with van der Waals surface area (Å²) in [6, 6.07) is 14.8. The van der Waals surface area contributed by atoms with Crippen LogP contribution < -0.4 is 5.32 Å². The van der Waals surface area contributed by atoms with Crippen LogP contribution in [-0.2, 0) is 16.1 Å². The minimum Gasteiger partial charge on any atom is -0.469 e. The van der Waals surface area contributed by atoms with Crippen LogP contribution in [0.15, 0.2) is 47.5 Å². The van der Waals surface area contributed by atoms with Crippen LogP contribution in [0.25, 0.3) is 10.8 Å². The number of nitrogens with zero attached hydrogens (tertiary/aromatic N) is 2. The predicted molar refractivity (Wildman–Crippen MR) is 120 cm³/mol. The maximum absolute atomic E-state index is 11.7. The molecule has 1 saturated heterocycles. The lowest BCUT2D eigenvalue weighted by molar-refractivity contribution is -0.146. The van der Waals surface area contributed by atoms with Gasteiger partial charge in [-0.25, -0.2) is 4.99 Å². The predicted octanol–water partition coefficient (Wildman–Crippen LogP) is 3.81. The quantitative estimate of drug-likeness (QED) is 0.313. The number of ether oxygens (including phenoxy) is 1. The van der Waals surface area contributed by atoms with Crippen LogP contribution in [0.4, 0.5) is 0 Å². The zero-order valence-corrected chi connectivity index (χ0v) is 18.3. The van der Waals surface area contributed by atoms with Gasteiger partial charge < -0.3 is 15.0 Å². The van der Waals surface area contributed by atoms with Gasteiger partial charge in [0.15, 0.2) is 5.96 Å². The summed E-state index contributed by atoms with van der Waals surface area (Å²) < 4.78 is 4.88. The number of carbonyl (C=O) groups is 1. The van der Waals surface area contributed by atoms with Gasteiger partial charge in [0.05, 0.1) is 19.6 Å². The number of hydrogen-bond acceptors (Lipinski definition) is 3. The molecule has 0 spiro atoms. The number of piperidine rings is 1. The van der Waals surface area contributed by atoms with Crippen LogP contribution >= 0.6 is 24.0 Å². The first kappa shape index (κ1) is 21.5. The minimum atomic E-state index is -0.0951. The van der Waals surface area contributed by atoms with Crippen molar-refractivity contribution in [1.29, 1.82) is 0 Å². The van der Waals surface area contributed by atoms with E-state index in [0.717, 1.165) is 38.4 Å². The van der Waals surface area contributed by atoms with Gasteiger partial charge in [-0.3, -0.25) is 4.79 Å². The monoisotopic (exact) mass is 481 g/mol. The Balaban J connectivity index is 0.00000261. The molecule has 0 radical (unpaired) electrons. The van der Waals surface area contributed by atoms with E-state index in [1.54, 1.807) is 0 Å². The van der Waals surface area contributed by atoms with E-state index < -0.39 is 0 Å². The van der Waals surface area contributed by atoms with Crippen LogP contribution in [0.2, 0.25) is 0 Å². The smallest absolute Gasteiger partial charge is 0.308 e. The molecule has 5 nitrogen and oxygen atoms in total. The van der Waals surface area contributed by atoms with Crippen molar-refractivity contribution in [1.82, 2.24) is 10.2 Å². The number of carbonyl (C=O) groups excluding carboxylic acids is 1. The fourth-order valence-electron chi connectivity index (χ4n) is 3.51. The van der Waals surface area contributed by atoms with Crippen molar-refractivity contribution in [3.63, 3.8) is 0 Å². The van der Waals surface area contributed by atoms with Crippen molar-refractivity contribution in [2.75, 3.05) is 26.7 Å². The molecule has 0 aromatic heterocycles. The first-order chi connectivity index (χ1) is 12.7. The maximum Gasteiger partial charge on any atom is 0.308 e. The van der Waals surface area contributed by atoms with Crippen molar-refractivity contribution in [3.8, 4) is 0 Å². The summed E-state index contributed by atoms with van der Waals surface area (Å²) in [5, 5.41) is 5.88. The Morgan fingerprint density at radius 2 is 1.89 bits per heavy atom. The van der Waals surface area contributed by atoms with Crippen LogP contribution in [-0.4, -0.2) is 43.6 Å². The molecule has 27 heavy (non-hydrogen) atoms. The van der Waals surface area contributed by atoms with Crippen LogP contribution in [0, 0.1) is 5.92 Å². The molecule has 1 N–H and O–H groups in total. The minimum absolute atomic E-state index is 0. The summed E-state index contributed by atoms with van der Waals surface area (Å²) in [7, 11) is 1.46. The number of fused-ring (bicyclic) bond motifs is 1. The summed E-state index contributed by atoms with van der Waals surface area (Å²) in [5.74, 6) is 0.836. The molecule has 3 rings (SSSR count). The molecule has 1 aliphatic heterocycles. The third-order valence-corrected chi connectivity index (χ3v) is 4.94. The lowest BCUT2D eigenvalue weighted by atomic mass is 9.97. The normalized spacial score (nSPS) is 15.3. The van der Waals surface area contributed by atoms with E-state index in [0.29, 0.717) is 6.54 Å². The first-order valence-corrected chi connectivity index (χ1v) is 9.30. The largest absolute Gasteiger partial charge is 0.469 e. The number of likely N-dealkylation sites (tertiary alicyclic amines) is 1. The molecule has 146 valence electrons. The summed E-state index contributed by atoms with van der Waals surface area (Å²) >= 11 is 0. The Labute approximate surface area is 178 Å². The second-order valence-electron chi connectivity index (χ2n) is 6.59. The number of methoxy groups -OCH3 is 1. The standard InChI is InChI=1S/C21H27N3O2.HI/c1-3-22-21(24-13-11-17(12-14-24)20(25)26-2)23-15-18-9-6-8-16-7-4-5-10-19(16)18;/h4-10,17H,3,11-15H2,1-2H3,(H,22,23);1H. The Bertz CT molecular complexity index is 781. The van der Waals surface area contributed by atoms with Gasteiger partial charge in [-0.2, -0.15) is 0 Å². The zero-order chi connectivity index (χ0) is 18.4. The number of hydrogen-bond donors (Lipinski definition) is 1. The summed E-state index contributed by atoms with van der Waals surface area (Å²) in [5.41, 5.74) is 1.22. The van der Waals surface area contributed by atoms with Gasteiger partial charge in [0.2, 0.25) is 0 Å². The Kier molecular flexibility index (Phi) is 8.34. The van der Waals surface area contributed by atoms with Crippen molar-refractivity contribution in [2.45, 2.75) is 26.3 Å². The Morgan fingerprint density at radius 1 is 1.19 bits per heavy atom. The highest BCUT2D eigenvalue weighted by molar-refractivity contribution is 14.0. The zero-order valence-electron chi connectivity index (χ0n) is 16.0. The highest BCUT2D eigenvalue weighted by Crippen LogP contribution is 2.21. The lowest BCUT2D eigenvalue weighted by Crippen LogP contribution is -2.46. The Morgan fingerprint density at radius 3 is 2.59 bits per heavy atom. The number of aliphatic imine (C=N–C) groups is 1. The van der Waals surface area contributed by atoms with E-state index in [2.05, 4.69) is 59.6 Å².